The summed E-state index contributed by atoms with van der Waals surface area (Å²) in [7, 11) is 1.57. The fraction of sp³-hybridized carbons (Fsp3) is 0.273. The summed E-state index contributed by atoms with van der Waals surface area (Å²) < 4.78 is 5.86. The molecule has 1 amide bonds. The topological polar surface area (TPSA) is 46.6 Å². The zero-order chi connectivity index (χ0) is 11.7. The summed E-state index contributed by atoms with van der Waals surface area (Å²) in [5.41, 5.74) is 0.712. The van der Waals surface area contributed by atoms with Crippen LogP contribution < -0.4 is 9.64 Å². The minimum Gasteiger partial charge on any atom is -0.496 e. The molecule has 0 unspecified atom stereocenters. The number of hydrogen-bond donors (Lipinski definition) is 0. The summed E-state index contributed by atoms with van der Waals surface area (Å²) in [6.07, 6.45) is 0.294. The predicted molar refractivity (Wildman–Crippen MR) is 62.7 cm³/mol. The number of carbonyl (C=O) groups is 2. The molecule has 0 aliphatic carbocycles. The van der Waals surface area contributed by atoms with Gasteiger partial charge in [-0.25, -0.2) is 0 Å². The van der Waals surface area contributed by atoms with E-state index >= 15 is 0 Å². The normalized spacial score (nSPS) is 15.8. The van der Waals surface area contributed by atoms with Crippen molar-refractivity contribution in [3.8, 4) is 5.75 Å². The van der Waals surface area contributed by atoms with Crippen LogP contribution in [-0.2, 0) is 9.59 Å². The second-order valence-corrected chi connectivity index (χ2v) is 4.30. The Balaban J connectivity index is 2.32. The minimum atomic E-state index is -0.433. The second-order valence-electron chi connectivity index (χ2n) is 3.45. The van der Waals surface area contributed by atoms with E-state index < -0.39 is 5.91 Å². The van der Waals surface area contributed by atoms with Crippen LogP contribution in [0.15, 0.2) is 22.7 Å². The SMILES string of the molecule is COc1ccc(N2CCC(=O)C2=O)cc1Br. The van der Waals surface area contributed by atoms with Crippen LogP contribution in [0.1, 0.15) is 6.42 Å². The fourth-order valence-electron chi connectivity index (χ4n) is 1.64. The molecule has 0 atom stereocenters. The molecule has 0 aromatic heterocycles. The summed E-state index contributed by atoms with van der Waals surface area (Å²) in [4.78, 5) is 24.1. The van der Waals surface area contributed by atoms with Gasteiger partial charge in [-0.15, -0.1) is 0 Å². The van der Waals surface area contributed by atoms with Gasteiger partial charge in [-0.1, -0.05) is 0 Å². The predicted octanol–water partition coefficient (Wildman–Crippen LogP) is 1.76. The van der Waals surface area contributed by atoms with Gasteiger partial charge in [0.15, 0.2) is 0 Å². The first-order valence-corrected chi connectivity index (χ1v) is 5.61. The number of hydrogen-bond acceptors (Lipinski definition) is 3. The molecule has 1 aliphatic heterocycles. The quantitative estimate of drug-likeness (QED) is 0.777. The van der Waals surface area contributed by atoms with Gasteiger partial charge in [0.05, 0.1) is 11.6 Å². The second kappa shape index (κ2) is 4.25. The van der Waals surface area contributed by atoms with E-state index in [2.05, 4.69) is 15.9 Å². The van der Waals surface area contributed by atoms with Crippen LogP contribution in [0.5, 0.6) is 5.75 Å². The molecule has 84 valence electrons. The molecule has 0 bridgehead atoms. The molecule has 1 saturated heterocycles. The smallest absolute Gasteiger partial charge is 0.294 e. The number of anilines is 1. The number of carbonyl (C=O) groups excluding carboxylic acids is 2. The average molecular weight is 284 g/mol. The first-order chi connectivity index (χ1) is 7.63. The molecule has 16 heavy (non-hydrogen) atoms. The number of ether oxygens (including phenoxy) is 1. The molecular formula is C11H10BrNO3. The summed E-state index contributed by atoms with van der Waals surface area (Å²) in [6.45, 7) is 0.455. The van der Waals surface area contributed by atoms with Crippen molar-refractivity contribution >= 4 is 33.3 Å². The van der Waals surface area contributed by atoms with Crippen molar-refractivity contribution in [2.45, 2.75) is 6.42 Å². The Morgan fingerprint density at radius 1 is 1.38 bits per heavy atom. The summed E-state index contributed by atoms with van der Waals surface area (Å²) in [5, 5.41) is 0. The Morgan fingerprint density at radius 3 is 2.62 bits per heavy atom. The minimum absolute atomic E-state index is 0.294. The van der Waals surface area contributed by atoms with E-state index in [1.807, 2.05) is 0 Å². The molecule has 0 spiro atoms. The summed E-state index contributed by atoms with van der Waals surface area (Å²) in [6, 6.07) is 5.30. The fourth-order valence-corrected chi connectivity index (χ4v) is 2.17. The Hall–Kier alpha value is -1.36. The molecule has 4 nitrogen and oxygen atoms in total. The van der Waals surface area contributed by atoms with Crippen LogP contribution in [-0.4, -0.2) is 25.3 Å². The standard InChI is InChI=1S/C11H10BrNO3/c1-16-10-3-2-7(6-8(10)12)13-5-4-9(14)11(13)15/h2-3,6H,4-5H2,1H3. The third-order valence-corrected chi connectivity index (χ3v) is 3.11. The Kier molecular flexibility index (Phi) is 2.96. The van der Waals surface area contributed by atoms with Crippen molar-refractivity contribution in [2.75, 3.05) is 18.6 Å². The molecule has 1 aromatic rings. The van der Waals surface area contributed by atoms with Crippen LogP contribution >= 0.6 is 15.9 Å². The summed E-state index contributed by atoms with van der Waals surface area (Å²) in [5.74, 6) is -0.0641. The van der Waals surface area contributed by atoms with Gasteiger partial charge in [0, 0.05) is 18.7 Å². The molecule has 1 aliphatic rings. The van der Waals surface area contributed by atoms with Gasteiger partial charge >= 0.3 is 0 Å². The van der Waals surface area contributed by atoms with Crippen LogP contribution in [0.25, 0.3) is 0 Å². The van der Waals surface area contributed by atoms with Gasteiger partial charge < -0.3 is 9.64 Å². The summed E-state index contributed by atoms with van der Waals surface area (Å²) >= 11 is 3.34. The lowest BCUT2D eigenvalue weighted by atomic mass is 10.3. The van der Waals surface area contributed by atoms with Crippen molar-refractivity contribution in [1.29, 1.82) is 0 Å². The zero-order valence-electron chi connectivity index (χ0n) is 8.70. The van der Waals surface area contributed by atoms with E-state index in [1.165, 1.54) is 4.90 Å². The van der Waals surface area contributed by atoms with E-state index in [0.29, 0.717) is 24.4 Å². The monoisotopic (exact) mass is 283 g/mol. The van der Waals surface area contributed by atoms with E-state index in [1.54, 1.807) is 25.3 Å². The highest BCUT2D eigenvalue weighted by Gasteiger charge is 2.30. The largest absolute Gasteiger partial charge is 0.496 e. The highest BCUT2D eigenvalue weighted by atomic mass is 79.9. The maximum absolute atomic E-state index is 11.5. The Bertz CT molecular complexity index is 459. The van der Waals surface area contributed by atoms with Gasteiger partial charge in [-0.3, -0.25) is 9.59 Å². The molecule has 0 N–H and O–H groups in total. The van der Waals surface area contributed by atoms with Crippen molar-refractivity contribution in [3.05, 3.63) is 22.7 Å². The average Bonchev–Trinajstić information content (AvgIpc) is 2.60. The van der Waals surface area contributed by atoms with E-state index in [0.717, 1.165) is 4.47 Å². The lowest BCUT2D eigenvalue weighted by molar-refractivity contribution is -0.133. The van der Waals surface area contributed by atoms with Crippen LogP contribution in [0.2, 0.25) is 0 Å². The molecule has 1 fully saturated rings. The Labute approximate surface area is 101 Å². The number of Topliss-reactive ketones (excluding diaryl/α,β-unsaturated/α-hetero) is 1. The third-order valence-electron chi connectivity index (χ3n) is 2.49. The number of nitrogens with zero attached hydrogens (tertiary/aromatic N) is 1. The molecule has 0 radical (unpaired) electrons. The number of rotatable bonds is 2. The van der Waals surface area contributed by atoms with Crippen LogP contribution in [0.3, 0.4) is 0 Å². The highest BCUT2D eigenvalue weighted by Crippen LogP contribution is 2.30. The molecule has 2 rings (SSSR count). The van der Waals surface area contributed by atoms with Crippen molar-refractivity contribution in [3.63, 3.8) is 0 Å². The van der Waals surface area contributed by atoms with Crippen molar-refractivity contribution < 1.29 is 14.3 Å². The van der Waals surface area contributed by atoms with Crippen molar-refractivity contribution in [1.82, 2.24) is 0 Å². The maximum atomic E-state index is 11.5. The van der Waals surface area contributed by atoms with Crippen LogP contribution in [0.4, 0.5) is 5.69 Å². The van der Waals surface area contributed by atoms with E-state index in [9.17, 15) is 9.59 Å². The molecule has 0 saturated carbocycles. The number of halogens is 1. The van der Waals surface area contributed by atoms with Gasteiger partial charge in [-0.2, -0.15) is 0 Å². The first-order valence-electron chi connectivity index (χ1n) is 4.81. The van der Waals surface area contributed by atoms with E-state index in [-0.39, 0.29) is 5.78 Å². The molecule has 5 heteroatoms. The lowest BCUT2D eigenvalue weighted by Gasteiger charge is -2.15. The number of benzene rings is 1. The zero-order valence-corrected chi connectivity index (χ0v) is 10.3. The van der Waals surface area contributed by atoms with Gasteiger partial charge in [0.2, 0.25) is 5.78 Å². The van der Waals surface area contributed by atoms with E-state index in [4.69, 9.17) is 4.74 Å². The number of amides is 1. The molecule has 1 heterocycles. The lowest BCUT2D eigenvalue weighted by Crippen LogP contribution is -2.26. The maximum Gasteiger partial charge on any atom is 0.294 e. The number of ketones is 1. The Morgan fingerprint density at radius 2 is 2.12 bits per heavy atom. The molecule has 1 aromatic carbocycles. The highest BCUT2D eigenvalue weighted by molar-refractivity contribution is 9.10. The van der Waals surface area contributed by atoms with Gasteiger partial charge in [-0.05, 0) is 34.1 Å². The van der Waals surface area contributed by atoms with Crippen LogP contribution in [0, 0.1) is 0 Å². The molecular weight excluding hydrogens is 274 g/mol. The van der Waals surface area contributed by atoms with Gasteiger partial charge in [0.25, 0.3) is 5.91 Å². The first kappa shape index (κ1) is 11.1. The van der Waals surface area contributed by atoms with Crippen molar-refractivity contribution in [2.24, 2.45) is 0 Å². The number of methoxy groups -OCH3 is 1. The van der Waals surface area contributed by atoms with Gasteiger partial charge in [0.1, 0.15) is 5.75 Å². The third kappa shape index (κ3) is 1.82.